The molecule has 0 aromatic heterocycles. The maximum Gasteiger partial charge on any atom is 0.119 e. The summed E-state index contributed by atoms with van der Waals surface area (Å²) in [6, 6.07) is 8.64. The molecule has 1 saturated carbocycles. The summed E-state index contributed by atoms with van der Waals surface area (Å²) in [6.07, 6.45) is 5.01. The van der Waals surface area contributed by atoms with Crippen molar-refractivity contribution in [3.05, 3.63) is 29.8 Å². The average molecular weight is 369 g/mol. The highest BCUT2D eigenvalue weighted by Crippen LogP contribution is 2.42. The van der Waals surface area contributed by atoms with Gasteiger partial charge in [0.05, 0.1) is 13.2 Å². The number of nitrogens with zero attached hydrogens (tertiary/aromatic N) is 1. The lowest BCUT2D eigenvalue weighted by Gasteiger charge is -2.47. The summed E-state index contributed by atoms with van der Waals surface area (Å²) in [6.45, 7) is 7.15. The van der Waals surface area contributed by atoms with E-state index in [2.05, 4.69) is 24.0 Å². The molecule has 0 radical (unpaired) electrons. The quantitative estimate of drug-likeness (QED) is 0.800. The third kappa shape index (κ3) is 5.33. The first-order valence-corrected chi connectivity index (χ1v) is 9.29. The maximum atomic E-state index is 6.18. The average Bonchev–Trinajstić information content (AvgIpc) is 2.54. The number of likely N-dealkylation sites (tertiary alicyclic amines) is 1. The number of halogens is 1. The van der Waals surface area contributed by atoms with Crippen molar-refractivity contribution in [3.8, 4) is 5.75 Å². The summed E-state index contributed by atoms with van der Waals surface area (Å²) in [7, 11) is 1.72. The summed E-state index contributed by atoms with van der Waals surface area (Å²) in [4.78, 5) is 2.61. The van der Waals surface area contributed by atoms with E-state index in [0.717, 1.165) is 44.0 Å². The van der Waals surface area contributed by atoms with Gasteiger partial charge >= 0.3 is 0 Å². The van der Waals surface area contributed by atoms with E-state index in [1.807, 2.05) is 12.1 Å². The molecule has 2 atom stereocenters. The zero-order valence-electron chi connectivity index (χ0n) is 15.6. The Balaban J connectivity index is 0.00000225. The van der Waals surface area contributed by atoms with Crippen molar-refractivity contribution in [2.24, 2.45) is 17.1 Å². The topological polar surface area (TPSA) is 47.7 Å². The number of nitrogens with two attached hydrogens (primary N) is 1. The Labute approximate surface area is 158 Å². The van der Waals surface area contributed by atoms with E-state index in [-0.39, 0.29) is 12.4 Å². The molecule has 25 heavy (non-hydrogen) atoms. The van der Waals surface area contributed by atoms with Gasteiger partial charge in [-0.15, -0.1) is 12.4 Å². The van der Waals surface area contributed by atoms with Crippen LogP contribution in [0.1, 0.15) is 38.2 Å². The Kier molecular flexibility index (Phi) is 7.56. The van der Waals surface area contributed by atoms with Crippen LogP contribution in [0.5, 0.6) is 5.75 Å². The van der Waals surface area contributed by atoms with Crippen LogP contribution in [0.25, 0.3) is 0 Å². The molecule has 1 aliphatic heterocycles. The second-order valence-electron chi connectivity index (χ2n) is 7.89. The van der Waals surface area contributed by atoms with Gasteiger partial charge in [-0.3, -0.25) is 0 Å². The van der Waals surface area contributed by atoms with Crippen molar-refractivity contribution in [2.45, 2.75) is 45.3 Å². The normalized spacial score (nSPS) is 25.7. The number of hydrogen-bond donors (Lipinski definition) is 1. The Morgan fingerprint density at radius 1 is 1.32 bits per heavy atom. The molecule has 1 saturated heterocycles. The fraction of sp³-hybridized carbons (Fsp3) is 0.700. The van der Waals surface area contributed by atoms with Gasteiger partial charge in [0, 0.05) is 31.7 Å². The SMILES string of the molecule is COCc1cccc(OCC2(CN3CCC(N)C(C)C3)CCC2)c1.Cl. The first kappa shape index (κ1) is 20.5. The van der Waals surface area contributed by atoms with Crippen molar-refractivity contribution in [2.75, 3.05) is 33.4 Å². The van der Waals surface area contributed by atoms with Crippen LogP contribution < -0.4 is 10.5 Å². The van der Waals surface area contributed by atoms with Crippen LogP contribution in [-0.2, 0) is 11.3 Å². The Morgan fingerprint density at radius 3 is 2.76 bits per heavy atom. The predicted molar refractivity (Wildman–Crippen MR) is 104 cm³/mol. The highest BCUT2D eigenvalue weighted by atomic mass is 35.5. The lowest BCUT2D eigenvalue weighted by molar-refractivity contribution is 0.00381. The fourth-order valence-corrected chi connectivity index (χ4v) is 4.02. The van der Waals surface area contributed by atoms with Crippen molar-refractivity contribution in [3.63, 3.8) is 0 Å². The van der Waals surface area contributed by atoms with Crippen molar-refractivity contribution >= 4 is 12.4 Å². The molecular formula is C20H33ClN2O2. The highest BCUT2D eigenvalue weighted by molar-refractivity contribution is 5.85. The van der Waals surface area contributed by atoms with E-state index >= 15 is 0 Å². The van der Waals surface area contributed by atoms with Gasteiger partial charge in [-0.1, -0.05) is 25.5 Å². The van der Waals surface area contributed by atoms with Crippen LogP contribution in [0.3, 0.4) is 0 Å². The van der Waals surface area contributed by atoms with Gasteiger partial charge in [-0.25, -0.2) is 0 Å². The standard InChI is InChI=1S/C20H32N2O2.ClH/c1-16-12-22(10-7-19(16)21)14-20(8-4-9-20)15-24-18-6-3-5-17(11-18)13-23-2;/h3,5-6,11,16,19H,4,7-10,12-15,21H2,1-2H3;1H. The highest BCUT2D eigenvalue weighted by Gasteiger charge is 2.40. The molecule has 142 valence electrons. The third-order valence-corrected chi connectivity index (χ3v) is 5.78. The summed E-state index contributed by atoms with van der Waals surface area (Å²) in [5.74, 6) is 1.56. The molecule has 2 unspecified atom stereocenters. The van der Waals surface area contributed by atoms with Gasteiger partial charge in [0.2, 0.25) is 0 Å². The van der Waals surface area contributed by atoms with Crippen LogP contribution in [0.4, 0.5) is 0 Å². The van der Waals surface area contributed by atoms with E-state index < -0.39 is 0 Å². The molecule has 2 N–H and O–H groups in total. The molecule has 2 fully saturated rings. The minimum atomic E-state index is 0. The van der Waals surface area contributed by atoms with Gasteiger partial charge in [-0.2, -0.15) is 0 Å². The first-order chi connectivity index (χ1) is 11.6. The summed E-state index contributed by atoms with van der Waals surface area (Å²) in [5, 5.41) is 0. The lowest BCUT2D eigenvalue weighted by atomic mass is 9.68. The van der Waals surface area contributed by atoms with Gasteiger partial charge in [0.15, 0.2) is 0 Å². The van der Waals surface area contributed by atoms with Gasteiger partial charge in [0.25, 0.3) is 0 Å². The van der Waals surface area contributed by atoms with Crippen LogP contribution in [-0.4, -0.2) is 44.3 Å². The monoisotopic (exact) mass is 368 g/mol. The minimum absolute atomic E-state index is 0. The molecule has 1 aliphatic carbocycles. The minimum Gasteiger partial charge on any atom is -0.493 e. The molecule has 4 nitrogen and oxygen atoms in total. The van der Waals surface area contributed by atoms with Crippen molar-refractivity contribution in [1.29, 1.82) is 0 Å². The van der Waals surface area contributed by atoms with Crippen molar-refractivity contribution in [1.82, 2.24) is 4.90 Å². The lowest BCUT2D eigenvalue weighted by Crippen LogP contribution is -2.52. The molecule has 5 heteroatoms. The molecule has 0 amide bonds. The summed E-state index contributed by atoms with van der Waals surface area (Å²) >= 11 is 0. The first-order valence-electron chi connectivity index (χ1n) is 9.29. The number of benzene rings is 1. The number of rotatable bonds is 7. The van der Waals surface area contributed by atoms with Crippen LogP contribution >= 0.6 is 12.4 Å². The van der Waals surface area contributed by atoms with Gasteiger partial charge in [0.1, 0.15) is 5.75 Å². The zero-order valence-corrected chi connectivity index (χ0v) is 16.4. The Morgan fingerprint density at radius 2 is 2.12 bits per heavy atom. The Hall–Kier alpha value is -0.810. The summed E-state index contributed by atoms with van der Waals surface area (Å²) < 4.78 is 11.4. The third-order valence-electron chi connectivity index (χ3n) is 5.78. The zero-order chi connectivity index (χ0) is 17.0. The maximum absolute atomic E-state index is 6.18. The van der Waals surface area contributed by atoms with Gasteiger partial charge in [-0.05, 0) is 49.4 Å². The molecule has 1 heterocycles. The second kappa shape index (κ2) is 9.22. The molecule has 3 rings (SSSR count). The van der Waals surface area contributed by atoms with E-state index in [1.165, 1.54) is 19.3 Å². The largest absolute Gasteiger partial charge is 0.493 e. The molecule has 1 aromatic carbocycles. The van der Waals surface area contributed by atoms with Crippen LogP contribution in [0, 0.1) is 11.3 Å². The number of piperidine rings is 1. The summed E-state index contributed by atoms with van der Waals surface area (Å²) in [5.41, 5.74) is 7.66. The van der Waals surface area contributed by atoms with Gasteiger partial charge < -0.3 is 20.1 Å². The molecule has 0 spiro atoms. The van der Waals surface area contributed by atoms with E-state index in [0.29, 0.717) is 24.0 Å². The molecule has 0 bridgehead atoms. The second-order valence-corrected chi connectivity index (χ2v) is 7.89. The molecule has 2 aliphatic rings. The smallest absolute Gasteiger partial charge is 0.119 e. The number of methoxy groups -OCH3 is 1. The van der Waals surface area contributed by atoms with E-state index in [4.69, 9.17) is 15.2 Å². The molecule has 1 aromatic rings. The Bertz CT molecular complexity index is 536. The van der Waals surface area contributed by atoms with E-state index in [1.54, 1.807) is 7.11 Å². The number of ether oxygens (including phenoxy) is 2. The van der Waals surface area contributed by atoms with Crippen LogP contribution in [0.15, 0.2) is 24.3 Å². The van der Waals surface area contributed by atoms with Crippen LogP contribution in [0.2, 0.25) is 0 Å². The van der Waals surface area contributed by atoms with E-state index in [9.17, 15) is 0 Å². The molecular weight excluding hydrogens is 336 g/mol. The fourth-order valence-electron chi connectivity index (χ4n) is 4.02. The van der Waals surface area contributed by atoms with Crippen molar-refractivity contribution < 1.29 is 9.47 Å². The predicted octanol–water partition coefficient (Wildman–Crippen LogP) is 3.47. The number of hydrogen-bond acceptors (Lipinski definition) is 4.